The third-order valence-electron chi connectivity index (χ3n) is 4.33. The summed E-state index contributed by atoms with van der Waals surface area (Å²) in [5, 5.41) is 2.96. The smallest absolute Gasteiger partial charge is 0.133 e. The van der Waals surface area contributed by atoms with Gasteiger partial charge in [-0.1, -0.05) is 32.1 Å². The molecule has 0 spiro atoms. The second-order valence-corrected chi connectivity index (χ2v) is 5.71. The molecule has 0 amide bonds. The van der Waals surface area contributed by atoms with Gasteiger partial charge < -0.3 is 5.32 Å². The van der Waals surface area contributed by atoms with E-state index in [1.165, 1.54) is 32.1 Å². The van der Waals surface area contributed by atoms with E-state index >= 15 is 0 Å². The first kappa shape index (κ1) is 15.4. The molecule has 112 valence electrons. The van der Waals surface area contributed by atoms with E-state index in [0.717, 1.165) is 18.6 Å². The van der Waals surface area contributed by atoms with Crippen LogP contribution < -0.4 is 5.32 Å². The van der Waals surface area contributed by atoms with Gasteiger partial charge in [0.1, 0.15) is 17.5 Å². The first-order valence-corrected chi connectivity index (χ1v) is 7.43. The first-order valence-electron chi connectivity index (χ1n) is 7.43. The second kappa shape index (κ2) is 7.11. The van der Waals surface area contributed by atoms with Crippen molar-refractivity contribution in [1.29, 1.82) is 0 Å². The predicted octanol–water partition coefficient (Wildman–Crippen LogP) is 4.72. The highest BCUT2D eigenvalue weighted by molar-refractivity contribution is 5.24. The van der Waals surface area contributed by atoms with Gasteiger partial charge >= 0.3 is 0 Å². The Morgan fingerprint density at radius 1 is 1.10 bits per heavy atom. The van der Waals surface area contributed by atoms with E-state index in [1.54, 1.807) is 7.05 Å². The molecule has 1 saturated carbocycles. The van der Waals surface area contributed by atoms with E-state index in [0.29, 0.717) is 12.3 Å². The summed E-state index contributed by atoms with van der Waals surface area (Å²) in [5.74, 6) is -1.81. The van der Waals surface area contributed by atoms with Gasteiger partial charge in [0, 0.05) is 23.7 Å². The molecule has 1 aliphatic carbocycles. The lowest BCUT2D eigenvalue weighted by atomic mass is 9.84. The van der Waals surface area contributed by atoms with Gasteiger partial charge in [0.05, 0.1) is 0 Å². The van der Waals surface area contributed by atoms with Gasteiger partial charge in [-0.15, -0.1) is 0 Å². The normalized spacial score (nSPS) is 18.2. The van der Waals surface area contributed by atoms with Crippen LogP contribution in [0.3, 0.4) is 0 Å². The molecule has 1 nitrogen and oxygen atoms in total. The zero-order chi connectivity index (χ0) is 14.5. The Morgan fingerprint density at radius 3 is 2.25 bits per heavy atom. The molecule has 1 atom stereocenters. The minimum atomic E-state index is -0.870. The SMILES string of the molecule is CNC(CCC1CCCCC1)c1c(F)cc(F)cc1F. The van der Waals surface area contributed by atoms with Gasteiger partial charge in [-0.2, -0.15) is 0 Å². The number of hydrogen-bond donors (Lipinski definition) is 1. The van der Waals surface area contributed by atoms with Crippen LogP contribution in [0.5, 0.6) is 0 Å². The van der Waals surface area contributed by atoms with Gasteiger partial charge in [0.15, 0.2) is 0 Å². The molecule has 1 aliphatic rings. The lowest BCUT2D eigenvalue weighted by molar-refractivity contribution is 0.313. The second-order valence-electron chi connectivity index (χ2n) is 5.71. The molecule has 0 bridgehead atoms. The maximum absolute atomic E-state index is 13.8. The van der Waals surface area contributed by atoms with Crippen molar-refractivity contribution >= 4 is 0 Å². The zero-order valence-corrected chi connectivity index (χ0v) is 11.9. The molecular weight excluding hydrogens is 263 g/mol. The zero-order valence-electron chi connectivity index (χ0n) is 11.9. The molecule has 1 fully saturated rings. The van der Waals surface area contributed by atoms with Gasteiger partial charge in [0.25, 0.3) is 0 Å². The Kier molecular flexibility index (Phi) is 5.46. The third kappa shape index (κ3) is 3.75. The van der Waals surface area contributed by atoms with E-state index < -0.39 is 23.5 Å². The van der Waals surface area contributed by atoms with E-state index in [2.05, 4.69) is 5.32 Å². The summed E-state index contributed by atoms with van der Waals surface area (Å²) in [6.07, 6.45) is 7.88. The number of benzene rings is 1. The minimum absolute atomic E-state index is 0.0373. The van der Waals surface area contributed by atoms with Crippen molar-refractivity contribution in [3.8, 4) is 0 Å². The van der Waals surface area contributed by atoms with Crippen molar-refractivity contribution in [3.63, 3.8) is 0 Å². The molecule has 1 aromatic carbocycles. The van der Waals surface area contributed by atoms with Crippen LogP contribution in [0.25, 0.3) is 0 Å². The van der Waals surface area contributed by atoms with Crippen LogP contribution in [-0.2, 0) is 0 Å². The molecule has 2 rings (SSSR count). The Morgan fingerprint density at radius 2 is 1.70 bits per heavy atom. The summed E-state index contributed by atoms with van der Waals surface area (Å²) in [6, 6.07) is 1.12. The maximum Gasteiger partial charge on any atom is 0.133 e. The number of rotatable bonds is 5. The Bertz CT molecular complexity index is 418. The highest BCUT2D eigenvalue weighted by atomic mass is 19.1. The molecule has 0 aromatic heterocycles. The van der Waals surface area contributed by atoms with Crippen LogP contribution in [0.2, 0.25) is 0 Å². The van der Waals surface area contributed by atoms with E-state index in [1.807, 2.05) is 0 Å². The number of halogens is 3. The quantitative estimate of drug-likeness (QED) is 0.825. The summed E-state index contributed by atoms with van der Waals surface area (Å²) in [5.41, 5.74) is -0.0373. The fourth-order valence-electron chi connectivity index (χ4n) is 3.20. The van der Waals surface area contributed by atoms with Gasteiger partial charge in [-0.05, 0) is 25.8 Å². The van der Waals surface area contributed by atoms with Gasteiger partial charge in [0.2, 0.25) is 0 Å². The predicted molar refractivity (Wildman–Crippen MR) is 73.9 cm³/mol. The standard InChI is InChI=1S/C16H22F3N/c1-20-15(8-7-11-5-3-2-4-6-11)16-13(18)9-12(17)10-14(16)19/h9-11,15,20H,2-8H2,1H3. The van der Waals surface area contributed by atoms with E-state index in [-0.39, 0.29) is 5.56 Å². The van der Waals surface area contributed by atoms with Crippen LogP contribution in [-0.4, -0.2) is 7.05 Å². The highest BCUT2D eigenvalue weighted by Crippen LogP contribution is 2.32. The molecule has 0 radical (unpaired) electrons. The largest absolute Gasteiger partial charge is 0.313 e. The molecular formula is C16H22F3N. The van der Waals surface area contributed by atoms with Crippen molar-refractivity contribution in [2.75, 3.05) is 7.05 Å². The van der Waals surface area contributed by atoms with Crippen LogP contribution in [0.4, 0.5) is 13.2 Å². The Hall–Kier alpha value is -1.03. The third-order valence-corrected chi connectivity index (χ3v) is 4.33. The molecule has 0 saturated heterocycles. The first-order chi connectivity index (χ1) is 9.61. The summed E-state index contributed by atoms with van der Waals surface area (Å²) in [4.78, 5) is 0. The van der Waals surface area contributed by atoms with Crippen LogP contribution >= 0.6 is 0 Å². The summed E-state index contributed by atoms with van der Waals surface area (Å²) in [6.45, 7) is 0. The summed E-state index contributed by atoms with van der Waals surface area (Å²) >= 11 is 0. The van der Waals surface area contributed by atoms with Crippen LogP contribution in [0.15, 0.2) is 12.1 Å². The lowest BCUT2D eigenvalue weighted by Crippen LogP contribution is -2.21. The van der Waals surface area contributed by atoms with E-state index in [9.17, 15) is 13.2 Å². The minimum Gasteiger partial charge on any atom is -0.313 e. The Balaban J connectivity index is 2.04. The van der Waals surface area contributed by atoms with Crippen molar-refractivity contribution in [2.45, 2.75) is 51.0 Å². The summed E-state index contributed by atoms with van der Waals surface area (Å²) in [7, 11) is 1.69. The molecule has 1 aromatic rings. The molecule has 20 heavy (non-hydrogen) atoms. The molecule has 0 heterocycles. The van der Waals surface area contributed by atoms with E-state index in [4.69, 9.17) is 0 Å². The van der Waals surface area contributed by atoms with Crippen molar-refractivity contribution in [3.05, 3.63) is 35.1 Å². The monoisotopic (exact) mass is 285 g/mol. The van der Waals surface area contributed by atoms with Crippen LogP contribution in [0.1, 0.15) is 56.6 Å². The molecule has 4 heteroatoms. The lowest BCUT2D eigenvalue weighted by Gasteiger charge is -2.24. The molecule has 0 aliphatic heterocycles. The summed E-state index contributed by atoms with van der Waals surface area (Å²) < 4.78 is 40.5. The fraction of sp³-hybridized carbons (Fsp3) is 0.625. The van der Waals surface area contributed by atoms with Gasteiger partial charge in [-0.25, -0.2) is 13.2 Å². The fourth-order valence-corrected chi connectivity index (χ4v) is 3.20. The number of nitrogens with one attached hydrogen (secondary N) is 1. The maximum atomic E-state index is 13.8. The van der Waals surface area contributed by atoms with Crippen molar-refractivity contribution in [1.82, 2.24) is 5.32 Å². The molecule has 1 N–H and O–H groups in total. The van der Waals surface area contributed by atoms with Crippen LogP contribution in [0, 0.1) is 23.4 Å². The van der Waals surface area contributed by atoms with Gasteiger partial charge in [-0.3, -0.25) is 0 Å². The average Bonchev–Trinajstić information content (AvgIpc) is 2.42. The number of hydrogen-bond acceptors (Lipinski definition) is 1. The Labute approximate surface area is 118 Å². The average molecular weight is 285 g/mol. The highest BCUT2D eigenvalue weighted by Gasteiger charge is 2.22. The van der Waals surface area contributed by atoms with Crippen molar-refractivity contribution in [2.24, 2.45) is 5.92 Å². The topological polar surface area (TPSA) is 12.0 Å². The molecule has 1 unspecified atom stereocenters. The van der Waals surface area contributed by atoms with Crippen molar-refractivity contribution < 1.29 is 13.2 Å².